The van der Waals surface area contributed by atoms with Crippen LogP contribution in [-0.4, -0.2) is 20.8 Å². The van der Waals surface area contributed by atoms with E-state index in [0.29, 0.717) is 28.2 Å². The van der Waals surface area contributed by atoms with Crippen LogP contribution in [0, 0.1) is 53.1 Å². The fourth-order valence-electron chi connectivity index (χ4n) is 8.72. The summed E-state index contributed by atoms with van der Waals surface area (Å²) in [5, 5.41) is 2.13. The Morgan fingerprint density at radius 1 is 0.712 bits per heavy atom. The molecule has 0 saturated carbocycles. The summed E-state index contributed by atoms with van der Waals surface area (Å²) in [5.41, 5.74) is 14.1. The van der Waals surface area contributed by atoms with Gasteiger partial charge in [-0.1, -0.05) is 144 Å². The fourth-order valence-corrected chi connectivity index (χ4v) is 8.72. The van der Waals surface area contributed by atoms with Gasteiger partial charge in [-0.05, 0) is 69.2 Å². The molecule has 296 valence electrons. The van der Waals surface area contributed by atoms with E-state index in [1.165, 1.54) is 48.9 Å². The number of nitrogens with zero attached hydrogens (tertiary/aromatic N) is 4. The molecule has 0 unspecified atom stereocenters. The van der Waals surface area contributed by atoms with Gasteiger partial charge in [0, 0.05) is 44.3 Å². The maximum absolute atomic E-state index is 8.40. The Morgan fingerprint density at radius 2 is 1.44 bits per heavy atom. The molecular formula is C52H47BN4OPt-2. The topological polar surface area (TPSA) is 35.9 Å². The summed E-state index contributed by atoms with van der Waals surface area (Å²) in [6.07, 6.45) is 5.05. The van der Waals surface area contributed by atoms with E-state index >= 15 is 0 Å². The van der Waals surface area contributed by atoms with Crippen LogP contribution in [0.2, 0.25) is 0 Å². The second-order valence-electron chi connectivity index (χ2n) is 16.7. The number of hydrogen-bond donors (Lipinski definition) is 0. The van der Waals surface area contributed by atoms with Crippen LogP contribution in [-0.2, 0) is 33.5 Å². The first-order valence-electron chi connectivity index (χ1n) is 21.3. The summed E-state index contributed by atoms with van der Waals surface area (Å²) >= 11 is 0. The number of benzene rings is 6. The SMILES string of the molecule is [2H]C([2H])([2H])[n+]1[c-]n(-c2[c-]c(Oc3[c-]c4c(cc3)c3ccccc3n4-c3cc(C(C)(C)C)ccn3)cc(B(c3ccc(C)cc3C)c3c(C)cc(C)cc3C)c2)c2ccccc21.[Pt]. The number of aromatic nitrogens is 4. The van der Waals surface area contributed by atoms with Crippen LogP contribution < -0.4 is 25.7 Å². The number of para-hydroxylation sites is 3. The van der Waals surface area contributed by atoms with Gasteiger partial charge in [-0.3, -0.25) is 0 Å². The minimum absolute atomic E-state index is 0. The molecule has 0 atom stereocenters. The number of pyridine rings is 1. The van der Waals surface area contributed by atoms with Crippen LogP contribution >= 0.6 is 0 Å². The summed E-state index contributed by atoms with van der Waals surface area (Å²) in [5.74, 6) is 1.77. The molecule has 0 saturated heterocycles. The smallest absolute Gasteiger partial charge is 0.242 e. The van der Waals surface area contributed by atoms with E-state index in [4.69, 9.17) is 13.8 Å². The predicted molar refractivity (Wildman–Crippen MR) is 240 cm³/mol. The summed E-state index contributed by atoms with van der Waals surface area (Å²) in [6, 6.07) is 46.6. The first-order valence-corrected chi connectivity index (χ1v) is 19.8. The van der Waals surface area contributed by atoms with E-state index in [1.807, 2.05) is 42.6 Å². The Labute approximate surface area is 366 Å². The average molecular weight is 953 g/mol. The molecule has 3 heterocycles. The van der Waals surface area contributed by atoms with Gasteiger partial charge in [0.1, 0.15) is 5.82 Å². The molecule has 0 aliphatic carbocycles. The summed E-state index contributed by atoms with van der Waals surface area (Å²) < 4.78 is 37.3. The van der Waals surface area contributed by atoms with Crippen molar-refractivity contribution in [2.75, 3.05) is 0 Å². The summed E-state index contributed by atoms with van der Waals surface area (Å²) in [6.45, 7) is 14.8. The van der Waals surface area contributed by atoms with Crippen molar-refractivity contribution in [1.29, 1.82) is 0 Å². The Hall–Kier alpha value is -5.71. The monoisotopic (exact) mass is 952 g/mol. The zero-order valence-electron chi connectivity index (χ0n) is 37.6. The maximum atomic E-state index is 8.40. The van der Waals surface area contributed by atoms with E-state index in [9.17, 15) is 0 Å². The van der Waals surface area contributed by atoms with Crippen LogP contribution in [0.5, 0.6) is 11.5 Å². The predicted octanol–water partition coefficient (Wildman–Crippen LogP) is 9.49. The average Bonchev–Trinajstić information content (AvgIpc) is 3.76. The van der Waals surface area contributed by atoms with Gasteiger partial charge < -0.3 is 18.4 Å². The van der Waals surface area contributed by atoms with Crippen molar-refractivity contribution >= 4 is 55.9 Å². The van der Waals surface area contributed by atoms with Gasteiger partial charge in [-0.25, -0.2) is 4.98 Å². The first kappa shape index (κ1) is 36.4. The Morgan fingerprint density at radius 3 is 2.19 bits per heavy atom. The van der Waals surface area contributed by atoms with Crippen molar-refractivity contribution in [2.24, 2.45) is 6.98 Å². The number of rotatable bonds is 7. The fraction of sp³-hybridized carbons (Fsp3) is 0.192. The number of imidazole rings is 1. The molecular weight excluding hydrogens is 902 g/mol. The number of aryl methyl sites for hydroxylation is 6. The molecule has 9 rings (SSSR count). The molecule has 5 nitrogen and oxygen atoms in total. The minimum atomic E-state index is -2.45. The van der Waals surface area contributed by atoms with Gasteiger partial charge in [0.15, 0.2) is 0 Å². The molecule has 0 N–H and O–H groups in total. The van der Waals surface area contributed by atoms with Gasteiger partial charge in [0.05, 0.1) is 22.1 Å². The molecule has 0 aliphatic rings. The number of hydrogen-bond acceptors (Lipinski definition) is 2. The standard InChI is InChI=1S/C52H47BN4O.Pt/c1-33-18-21-45(35(3)24-33)53(51-36(4)25-34(2)26-37(51)5)39-28-40(56-32-55(9)47-16-12-13-17-48(47)56)30-42(29-39)58-41-19-20-44-43-14-10-11-15-46(43)57(49(44)31-41)50-27-38(22-23-54-50)52(6,7)8;/h10-29H,1-9H3;/q-2;/i9D3;. The van der Waals surface area contributed by atoms with Gasteiger partial charge in [-0.2, -0.15) is 17.6 Å². The molecule has 0 bridgehead atoms. The number of ether oxygens (including phenoxy) is 1. The van der Waals surface area contributed by atoms with Crippen LogP contribution in [0.1, 0.15) is 58.3 Å². The molecule has 3 aromatic heterocycles. The molecule has 0 amide bonds. The van der Waals surface area contributed by atoms with Crippen molar-refractivity contribution in [3.63, 3.8) is 0 Å². The van der Waals surface area contributed by atoms with E-state index < -0.39 is 6.98 Å². The molecule has 0 spiro atoms. The quantitative estimate of drug-likeness (QED) is 0.0908. The molecule has 0 aliphatic heterocycles. The summed E-state index contributed by atoms with van der Waals surface area (Å²) in [4.78, 5) is 4.87. The molecule has 0 fully saturated rings. The van der Waals surface area contributed by atoms with Crippen LogP contribution in [0.4, 0.5) is 0 Å². The molecule has 9 aromatic rings. The van der Waals surface area contributed by atoms with Crippen molar-refractivity contribution in [3.8, 4) is 23.0 Å². The first-order chi connectivity index (χ1) is 29.0. The van der Waals surface area contributed by atoms with Crippen molar-refractivity contribution in [3.05, 3.63) is 173 Å². The van der Waals surface area contributed by atoms with E-state index in [2.05, 4.69) is 157 Å². The Balaban J connectivity index is 0.00000529. The van der Waals surface area contributed by atoms with Gasteiger partial charge >= 0.3 is 0 Å². The minimum Gasteiger partial charge on any atom is -0.510 e. The third-order valence-corrected chi connectivity index (χ3v) is 11.4. The molecule has 59 heavy (non-hydrogen) atoms. The third-order valence-electron chi connectivity index (χ3n) is 11.4. The van der Waals surface area contributed by atoms with Gasteiger partial charge in [0.25, 0.3) is 0 Å². The normalized spacial score (nSPS) is 12.6. The van der Waals surface area contributed by atoms with Gasteiger partial charge in [0.2, 0.25) is 13.0 Å². The third kappa shape index (κ3) is 7.33. The van der Waals surface area contributed by atoms with Crippen molar-refractivity contribution < 1.29 is 34.5 Å². The van der Waals surface area contributed by atoms with E-state index in [1.54, 1.807) is 4.57 Å². The zero-order valence-corrected chi connectivity index (χ0v) is 36.9. The Bertz CT molecular complexity index is 3160. The second-order valence-corrected chi connectivity index (χ2v) is 16.7. The van der Waals surface area contributed by atoms with E-state index in [0.717, 1.165) is 33.1 Å². The van der Waals surface area contributed by atoms with E-state index in [-0.39, 0.29) is 33.2 Å². The maximum Gasteiger partial charge on any atom is 0.242 e. The van der Waals surface area contributed by atoms with Crippen LogP contribution in [0.25, 0.3) is 44.3 Å². The largest absolute Gasteiger partial charge is 0.510 e. The molecule has 0 radical (unpaired) electrons. The van der Waals surface area contributed by atoms with Crippen LogP contribution in [0.3, 0.4) is 0 Å². The van der Waals surface area contributed by atoms with Crippen molar-refractivity contribution in [1.82, 2.24) is 14.1 Å². The Kier molecular flexibility index (Phi) is 9.54. The van der Waals surface area contributed by atoms with Crippen molar-refractivity contribution in [2.45, 2.75) is 60.8 Å². The number of fused-ring (bicyclic) bond motifs is 4. The summed E-state index contributed by atoms with van der Waals surface area (Å²) in [7, 11) is 0. The molecule has 7 heteroatoms. The van der Waals surface area contributed by atoms with Gasteiger partial charge in [-0.15, -0.1) is 29.7 Å². The van der Waals surface area contributed by atoms with Crippen LogP contribution in [0.15, 0.2) is 121 Å². The zero-order chi connectivity index (χ0) is 43.0. The molecule has 6 aromatic carbocycles. The second kappa shape index (κ2) is 15.5.